The molecule has 0 aromatic heterocycles. The summed E-state index contributed by atoms with van der Waals surface area (Å²) in [4.78, 5) is 19.2. The van der Waals surface area contributed by atoms with Crippen LogP contribution >= 0.6 is 0 Å². The van der Waals surface area contributed by atoms with Gasteiger partial charge in [-0.25, -0.2) is 0 Å². The Kier molecular flexibility index (Phi) is 6.06. The molecule has 0 N–H and O–H groups in total. The number of likely N-dealkylation sites (tertiary alicyclic amines) is 1. The van der Waals surface area contributed by atoms with Gasteiger partial charge in [0, 0.05) is 25.7 Å². The maximum atomic E-state index is 12.5. The third kappa shape index (κ3) is 4.68. The van der Waals surface area contributed by atoms with E-state index in [0.29, 0.717) is 24.5 Å². The van der Waals surface area contributed by atoms with Crippen molar-refractivity contribution in [3.63, 3.8) is 0 Å². The third-order valence-corrected chi connectivity index (χ3v) is 5.50. The van der Waals surface area contributed by atoms with Gasteiger partial charge in [0.25, 0.3) is 0 Å². The summed E-state index contributed by atoms with van der Waals surface area (Å²) in [5.74, 6) is 1.15. The minimum Gasteiger partial charge on any atom is -0.342 e. The molecule has 1 unspecified atom stereocenters. The second-order valence-electron chi connectivity index (χ2n) is 7.41. The Balaban J connectivity index is 1.80. The lowest BCUT2D eigenvalue weighted by atomic mass is 9.87. The predicted molar refractivity (Wildman–Crippen MR) is 87.3 cm³/mol. The van der Waals surface area contributed by atoms with Gasteiger partial charge in [-0.3, -0.25) is 9.69 Å². The highest BCUT2D eigenvalue weighted by molar-refractivity contribution is 5.78. The average Bonchev–Trinajstić information content (AvgIpc) is 2.47. The molecule has 2 aliphatic rings. The van der Waals surface area contributed by atoms with Crippen molar-refractivity contribution in [2.45, 2.75) is 57.5 Å². The molecule has 4 nitrogen and oxygen atoms in total. The Morgan fingerprint density at radius 2 is 1.71 bits per heavy atom. The molecule has 0 radical (unpaired) electrons. The zero-order valence-corrected chi connectivity index (χ0v) is 14.3. The smallest absolute Gasteiger partial charge is 0.236 e. The number of likely N-dealkylation sites (N-methyl/N-ethyl adjacent to an activating group) is 2. The van der Waals surface area contributed by atoms with E-state index in [0.717, 1.165) is 19.0 Å². The Morgan fingerprint density at radius 3 is 2.33 bits per heavy atom. The molecule has 1 saturated heterocycles. The molecule has 0 aromatic rings. The number of carbonyl (C=O) groups excluding carboxylic acids is 1. The van der Waals surface area contributed by atoms with Crippen LogP contribution in [0.25, 0.3) is 0 Å². The van der Waals surface area contributed by atoms with Crippen molar-refractivity contribution in [2.75, 3.05) is 40.8 Å². The normalized spacial score (nSPS) is 31.4. The van der Waals surface area contributed by atoms with Crippen LogP contribution in [0.15, 0.2) is 0 Å². The lowest BCUT2D eigenvalue weighted by molar-refractivity contribution is -0.134. The minimum absolute atomic E-state index is 0.314. The van der Waals surface area contributed by atoms with Gasteiger partial charge in [-0.05, 0) is 65.1 Å². The van der Waals surface area contributed by atoms with Crippen molar-refractivity contribution >= 4 is 5.91 Å². The Hall–Kier alpha value is -0.610. The predicted octanol–water partition coefficient (Wildman–Crippen LogP) is 2.05. The summed E-state index contributed by atoms with van der Waals surface area (Å²) in [5, 5.41) is 0. The molecular weight excluding hydrogens is 262 g/mol. The summed E-state index contributed by atoms with van der Waals surface area (Å²) >= 11 is 0. The number of hydrogen-bond acceptors (Lipinski definition) is 3. The summed E-state index contributed by atoms with van der Waals surface area (Å²) in [6, 6.07) is 1.08. The highest BCUT2D eigenvalue weighted by Crippen LogP contribution is 2.26. The van der Waals surface area contributed by atoms with E-state index in [2.05, 4.69) is 30.8 Å². The van der Waals surface area contributed by atoms with Crippen LogP contribution in [-0.4, -0.2) is 73.5 Å². The van der Waals surface area contributed by atoms with Crippen LogP contribution < -0.4 is 0 Å². The van der Waals surface area contributed by atoms with Gasteiger partial charge in [0.1, 0.15) is 0 Å². The van der Waals surface area contributed by atoms with E-state index in [4.69, 9.17) is 0 Å². The summed E-state index contributed by atoms with van der Waals surface area (Å²) in [6.45, 7) is 5.04. The third-order valence-electron chi connectivity index (χ3n) is 5.50. The quantitative estimate of drug-likeness (QED) is 0.794. The summed E-state index contributed by atoms with van der Waals surface area (Å²) < 4.78 is 0. The fourth-order valence-corrected chi connectivity index (χ4v) is 3.73. The van der Waals surface area contributed by atoms with E-state index in [1.165, 1.54) is 38.5 Å². The van der Waals surface area contributed by atoms with E-state index in [1.54, 1.807) is 0 Å². The zero-order chi connectivity index (χ0) is 15.4. The number of nitrogens with zero attached hydrogens (tertiary/aromatic N) is 3. The molecule has 0 aromatic carbocycles. The molecule has 2 rings (SSSR count). The second kappa shape index (κ2) is 7.59. The molecule has 1 aliphatic carbocycles. The van der Waals surface area contributed by atoms with Crippen LogP contribution in [0.2, 0.25) is 0 Å². The largest absolute Gasteiger partial charge is 0.342 e. The van der Waals surface area contributed by atoms with Gasteiger partial charge in [0.2, 0.25) is 5.91 Å². The zero-order valence-electron chi connectivity index (χ0n) is 14.3. The van der Waals surface area contributed by atoms with Gasteiger partial charge < -0.3 is 9.80 Å². The van der Waals surface area contributed by atoms with E-state index >= 15 is 0 Å². The average molecular weight is 295 g/mol. The van der Waals surface area contributed by atoms with Crippen LogP contribution in [0.1, 0.15) is 45.4 Å². The number of amides is 1. The summed E-state index contributed by atoms with van der Waals surface area (Å²) in [7, 11) is 6.30. The van der Waals surface area contributed by atoms with Crippen molar-refractivity contribution in [3.05, 3.63) is 0 Å². The minimum atomic E-state index is 0.314. The lowest BCUT2D eigenvalue weighted by Crippen LogP contribution is -2.50. The number of piperidine rings is 1. The molecule has 0 bridgehead atoms. The topological polar surface area (TPSA) is 26.8 Å². The van der Waals surface area contributed by atoms with E-state index < -0.39 is 0 Å². The highest BCUT2D eigenvalue weighted by atomic mass is 16.2. The van der Waals surface area contributed by atoms with Gasteiger partial charge in [0.05, 0.1) is 6.54 Å². The molecule has 122 valence electrons. The standard InChI is InChI=1S/C17H33N3O/c1-14-7-9-15(10-8-14)19(4)17(21)13-20-11-5-6-16(12-20)18(2)3/h14-16H,5-13H2,1-4H3. The van der Waals surface area contributed by atoms with Crippen molar-refractivity contribution in [2.24, 2.45) is 5.92 Å². The second-order valence-corrected chi connectivity index (χ2v) is 7.41. The van der Waals surface area contributed by atoms with E-state index in [1.807, 2.05) is 11.9 Å². The summed E-state index contributed by atoms with van der Waals surface area (Å²) in [5.41, 5.74) is 0. The molecule has 1 saturated carbocycles. The van der Waals surface area contributed by atoms with Crippen LogP contribution in [0, 0.1) is 5.92 Å². The van der Waals surface area contributed by atoms with E-state index in [-0.39, 0.29) is 0 Å². The monoisotopic (exact) mass is 295 g/mol. The fourth-order valence-electron chi connectivity index (χ4n) is 3.73. The Morgan fingerprint density at radius 1 is 1.05 bits per heavy atom. The first-order chi connectivity index (χ1) is 9.97. The molecule has 4 heteroatoms. The Bertz CT molecular complexity index is 337. The van der Waals surface area contributed by atoms with Gasteiger partial charge in [0.15, 0.2) is 0 Å². The SMILES string of the molecule is CC1CCC(N(C)C(=O)CN2CCCC(N(C)C)C2)CC1. The fraction of sp³-hybridized carbons (Fsp3) is 0.941. The lowest BCUT2D eigenvalue weighted by Gasteiger charge is -2.38. The number of carbonyl (C=O) groups is 1. The summed E-state index contributed by atoms with van der Waals surface area (Å²) in [6.07, 6.45) is 7.38. The molecule has 2 fully saturated rings. The highest BCUT2D eigenvalue weighted by Gasteiger charge is 2.27. The van der Waals surface area contributed by atoms with E-state index in [9.17, 15) is 4.79 Å². The van der Waals surface area contributed by atoms with Crippen LogP contribution in [0.4, 0.5) is 0 Å². The van der Waals surface area contributed by atoms with Crippen LogP contribution in [-0.2, 0) is 4.79 Å². The van der Waals surface area contributed by atoms with Crippen molar-refractivity contribution < 1.29 is 4.79 Å². The maximum absolute atomic E-state index is 12.5. The first-order valence-electron chi connectivity index (χ1n) is 8.61. The molecule has 0 spiro atoms. The Labute approximate surface area is 130 Å². The van der Waals surface area contributed by atoms with Gasteiger partial charge in [-0.15, -0.1) is 0 Å². The molecular formula is C17H33N3O. The molecule has 1 amide bonds. The first kappa shape index (κ1) is 16.8. The molecule has 1 heterocycles. The molecule has 21 heavy (non-hydrogen) atoms. The number of rotatable bonds is 4. The van der Waals surface area contributed by atoms with Gasteiger partial charge >= 0.3 is 0 Å². The van der Waals surface area contributed by atoms with Gasteiger partial charge in [-0.1, -0.05) is 6.92 Å². The van der Waals surface area contributed by atoms with Crippen LogP contribution in [0.3, 0.4) is 0 Å². The van der Waals surface area contributed by atoms with Crippen molar-refractivity contribution in [1.29, 1.82) is 0 Å². The molecule has 1 atom stereocenters. The van der Waals surface area contributed by atoms with Crippen molar-refractivity contribution in [1.82, 2.24) is 14.7 Å². The maximum Gasteiger partial charge on any atom is 0.236 e. The van der Waals surface area contributed by atoms with Gasteiger partial charge in [-0.2, -0.15) is 0 Å². The van der Waals surface area contributed by atoms with Crippen LogP contribution in [0.5, 0.6) is 0 Å². The number of hydrogen-bond donors (Lipinski definition) is 0. The first-order valence-corrected chi connectivity index (χ1v) is 8.61. The van der Waals surface area contributed by atoms with Crippen molar-refractivity contribution in [3.8, 4) is 0 Å². The molecule has 1 aliphatic heterocycles.